The Balaban J connectivity index is 1.81. The second-order valence-corrected chi connectivity index (χ2v) is 6.53. The highest BCUT2D eigenvalue weighted by atomic mass is 16.1. The van der Waals surface area contributed by atoms with E-state index in [4.69, 9.17) is 4.98 Å². The van der Waals surface area contributed by atoms with E-state index in [1.807, 2.05) is 19.0 Å². The van der Waals surface area contributed by atoms with Gasteiger partial charge in [-0.05, 0) is 19.3 Å². The molecule has 0 spiro atoms. The third-order valence-electron chi connectivity index (χ3n) is 4.56. The number of aryl methyl sites for hydroxylation is 2. The van der Waals surface area contributed by atoms with Crippen LogP contribution in [0, 0.1) is 0 Å². The van der Waals surface area contributed by atoms with Gasteiger partial charge in [0.15, 0.2) is 0 Å². The summed E-state index contributed by atoms with van der Waals surface area (Å²) in [6.07, 6.45) is 2.62. The molecule has 0 saturated carbocycles. The Hall–Kier alpha value is -2.51. The molecule has 0 bridgehead atoms. The molecule has 0 aliphatic carbocycles. The predicted molar refractivity (Wildman–Crippen MR) is 97.3 cm³/mol. The number of rotatable bonds is 5. The first-order valence-electron chi connectivity index (χ1n) is 8.77. The Morgan fingerprint density at radius 3 is 2.64 bits per heavy atom. The van der Waals surface area contributed by atoms with Crippen LogP contribution in [0.3, 0.4) is 0 Å². The average molecular weight is 343 g/mol. The van der Waals surface area contributed by atoms with Gasteiger partial charge in [-0.25, -0.2) is 9.97 Å². The minimum absolute atomic E-state index is 0.120. The molecule has 1 N–H and O–H groups in total. The summed E-state index contributed by atoms with van der Waals surface area (Å²) in [6, 6.07) is 1.60. The van der Waals surface area contributed by atoms with Crippen LogP contribution >= 0.6 is 0 Å². The molecule has 1 fully saturated rings. The van der Waals surface area contributed by atoms with Crippen molar-refractivity contribution in [3.63, 3.8) is 0 Å². The molecular weight excluding hydrogens is 318 g/mol. The van der Waals surface area contributed by atoms with E-state index in [0.29, 0.717) is 11.9 Å². The first kappa shape index (κ1) is 17.3. The highest BCUT2D eigenvalue weighted by Crippen LogP contribution is 2.28. The van der Waals surface area contributed by atoms with Gasteiger partial charge in [0.25, 0.3) is 5.56 Å². The number of hydrogen-bond donors (Lipinski definition) is 1. The summed E-state index contributed by atoms with van der Waals surface area (Å²) in [6.45, 7) is 5.74. The zero-order chi connectivity index (χ0) is 18.0. The standard InChI is InChI=1S/C17H25N7O/c1-5-12-13(6-2)21-22-17(18-12)24-8-7-11(10-24)14-9-15(25)20-16(19-14)23(3)4/h9,11H,5-8,10H2,1-4H3,(H,19,20,25). The van der Waals surface area contributed by atoms with Gasteiger partial charge in [0.05, 0.1) is 17.1 Å². The van der Waals surface area contributed by atoms with Crippen molar-refractivity contribution in [2.45, 2.75) is 39.0 Å². The van der Waals surface area contributed by atoms with E-state index < -0.39 is 0 Å². The molecule has 3 rings (SSSR count). The van der Waals surface area contributed by atoms with Crippen LogP contribution in [0.2, 0.25) is 0 Å². The van der Waals surface area contributed by atoms with E-state index in [-0.39, 0.29) is 11.5 Å². The first-order valence-corrected chi connectivity index (χ1v) is 8.77. The zero-order valence-corrected chi connectivity index (χ0v) is 15.3. The Labute approximate surface area is 147 Å². The van der Waals surface area contributed by atoms with Crippen molar-refractivity contribution < 1.29 is 0 Å². The van der Waals surface area contributed by atoms with Crippen molar-refractivity contribution in [2.24, 2.45) is 0 Å². The number of hydrogen-bond acceptors (Lipinski definition) is 7. The zero-order valence-electron chi connectivity index (χ0n) is 15.3. The van der Waals surface area contributed by atoms with Gasteiger partial charge in [-0.15, -0.1) is 5.10 Å². The summed E-state index contributed by atoms with van der Waals surface area (Å²) >= 11 is 0. The molecule has 3 heterocycles. The number of anilines is 2. The molecule has 1 unspecified atom stereocenters. The summed E-state index contributed by atoms with van der Waals surface area (Å²) in [5.74, 6) is 1.45. The highest BCUT2D eigenvalue weighted by molar-refractivity contribution is 5.36. The predicted octanol–water partition coefficient (Wildman–Crippen LogP) is 1.14. The molecule has 2 aromatic heterocycles. The fourth-order valence-electron chi connectivity index (χ4n) is 3.13. The molecular formula is C17H25N7O. The maximum Gasteiger partial charge on any atom is 0.252 e. The molecule has 25 heavy (non-hydrogen) atoms. The quantitative estimate of drug-likeness (QED) is 0.870. The Kier molecular flexibility index (Phi) is 4.96. The summed E-state index contributed by atoms with van der Waals surface area (Å²) in [4.78, 5) is 27.9. The summed E-state index contributed by atoms with van der Waals surface area (Å²) in [7, 11) is 3.73. The lowest BCUT2D eigenvalue weighted by Crippen LogP contribution is -2.24. The van der Waals surface area contributed by atoms with E-state index in [9.17, 15) is 4.79 Å². The fourth-order valence-corrected chi connectivity index (χ4v) is 3.13. The fraction of sp³-hybridized carbons (Fsp3) is 0.588. The van der Waals surface area contributed by atoms with Crippen molar-refractivity contribution in [3.05, 3.63) is 33.5 Å². The van der Waals surface area contributed by atoms with Crippen LogP contribution in [0.15, 0.2) is 10.9 Å². The molecule has 1 aliphatic heterocycles. The lowest BCUT2D eigenvalue weighted by molar-refractivity contribution is 0.728. The lowest BCUT2D eigenvalue weighted by atomic mass is 10.1. The van der Waals surface area contributed by atoms with Crippen LogP contribution in [-0.2, 0) is 12.8 Å². The van der Waals surface area contributed by atoms with Crippen LogP contribution in [-0.4, -0.2) is 52.3 Å². The molecule has 1 aliphatic rings. The summed E-state index contributed by atoms with van der Waals surface area (Å²) < 4.78 is 0. The third-order valence-corrected chi connectivity index (χ3v) is 4.56. The minimum Gasteiger partial charge on any atom is -0.348 e. The van der Waals surface area contributed by atoms with Crippen LogP contribution in [0.5, 0.6) is 0 Å². The van der Waals surface area contributed by atoms with E-state index >= 15 is 0 Å². The van der Waals surface area contributed by atoms with E-state index in [2.05, 4.69) is 38.9 Å². The number of nitrogens with zero attached hydrogens (tertiary/aromatic N) is 6. The maximum absolute atomic E-state index is 11.9. The minimum atomic E-state index is -0.120. The molecule has 134 valence electrons. The summed E-state index contributed by atoms with van der Waals surface area (Å²) in [5, 5.41) is 8.63. The van der Waals surface area contributed by atoms with Crippen molar-refractivity contribution in [1.82, 2.24) is 25.1 Å². The van der Waals surface area contributed by atoms with Gasteiger partial charge < -0.3 is 9.80 Å². The van der Waals surface area contributed by atoms with Crippen molar-refractivity contribution in [2.75, 3.05) is 37.0 Å². The van der Waals surface area contributed by atoms with Crippen molar-refractivity contribution >= 4 is 11.9 Å². The molecule has 0 aromatic carbocycles. The van der Waals surface area contributed by atoms with Gasteiger partial charge in [0.2, 0.25) is 11.9 Å². The monoisotopic (exact) mass is 343 g/mol. The van der Waals surface area contributed by atoms with Gasteiger partial charge in [0, 0.05) is 39.2 Å². The van der Waals surface area contributed by atoms with Crippen LogP contribution < -0.4 is 15.4 Å². The molecule has 2 aromatic rings. The number of aromatic nitrogens is 5. The average Bonchev–Trinajstić information content (AvgIpc) is 3.10. The third kappa shape index (κ3) is 3.62. The Bertz CT molecular complexity index is 802. The van der Waals surface area contributed by atoms with Gasteiger partial charge in [0.1, 0.15) is 0 Å². The molecule has 8 nitrogen and oxygen atoms in total. The van der Waals surface area contributed by atoms with E-state index in [0.717, 1.165) is 49.4 Å². The first-order chi connectivity index (χ1) is 12.0. The van der Waals surface area contributed by atoms with Crippen molar-refractivity contribution in [3.8, 4) is 0 Å². The lowest BCUT2D eigenvalue weighted by Gasteiger charge is -2.17. The molecule has 0 radical (unpaired) electrons. The second kappa shape index (κ2) is 7.16. The smallest absolute Gasteiger partial charge is 0.252 e. The van der Waals surface area contributed by atoms with Gasteiger partial charge >= 0.3 is 0 Å². The summed E-state index contributed by atoms with van der Waals surface area (Å²) in [5.41, 5.74) is 2.68. The molecule has 1 saturated heterocycles. The maximum atomic E-state index is 11.9. The Morgan fingerprint density at radius 2 is 1.96 bits per heavy atom. The van der Waals surface area contributed by atoms with Crippen LogP contribution in [0.25, 0.3) is 0 Å². The van der Waals surface area contributed by atoms with Gasteiger partial charge in [-0.1, -0.05) is 13.8 Å². The van der Waals surface area contributed by atoms with E-state index in [1.165, 1.54) is 0 Å². The highest BCUT2D eigenvalue weighted by Gasteiger charge is 2.28. The Morgan fingerprint density at radius 1 is 1.20 bits per heavy atom. The largest absolute Gasteiger partial charge is 0.348 e. The second-order valence-electron chi connectivity index (χ2n) is 6.53. The van der Waals surface area contributed by atoms with Crippen molar-refractivity contribution in [1.29, 1.82) is 0 Å². The van der Waals surface area contributed by atoms with Gasteiger partial charge in [-0.3, -0.25) is 9.78 Å². The number of H-pyrrole nitrogens is 1. The topological polar surface area (TPSA) is 90.9 Å². The molecule has 8 heteroatoms. The van der Waals surface area contributed by atoms with Crippen LogP contribution in [0.4, 0.5) is 11.9 Å². The number of nitrogens with one attached hydrogen (secondary N) is 1. The molecule has 1 atom stereocenters. The van der Waals surface area contributed by atoms with Crippen LogP contribution in [0.1, 0.15) is 43.3 Å². The molecule has 0 amide bonds. The normalized spacial score (nSPS) is 17.1. The number of aromatic amines is 1. The van der Waals surface area contributed by atoms with E-state index in [1.54, 1.807) is 6.07 Å². The van der Waals surface area contributed by atoms with Gasteiger partial charge in [-0.2, -0.15) is 5.10 Å². The SMILES string of the molecule is CCc1nnc(N2CCC(c3cc(=O)[nH]c(N(C)C)n3)C2)nc1CC.